The van der Waals surface area contributed by atoms with E-state index < -0.39 is 0 Å². The molecule has 1 aromatic carbocycles. The van der Waals surface area contributed by atoms with Crippen LogP contribution in [0.3, 0.4) is 0 Å². The summed E-state index contributed by atoms with van der Waals surface area (Å²) in [5.74, 6) is 0. The van der Waals surface area contributed by atoms with Crippen molar-refractivity contribution in [3.63, 3.8) is 0 Å². The average molecular weight is 233 g/mol. The normalized spacial score (nSPS) is 13.7. The van der Waals surface area contributed by atoms with Gasteiger partial charge in [-0.1, -0.05) is 45.0 Å². The van der Waals surface area contributed by atoms with E-state index in [0.717, 1.165) is 6.54 Å². The zero-order valence-electron chi connectivity index (χ0n) is 12.0. The molecule has 0 heterocycles. The first-order valence-electron chi connectivity index (χ1n) is 6.69. The van der Waals surface area contributed by atoms with Crippen molar-refractivity contribution in [2.24, 2.45) is 5.41 Å². The lowest BCUT2D eigenvalue weighted by Crippen LogP contribution is -2.21. The fraction of sp³-hybridized carbons (Fsp3) is 0.625. The van der Waals surface area contributed by atoms with Crippen LogP contribution >= 0.6 is 0 Å². The molecule has 0 amide bonds. The van der Waals surface area contributed by atoms with E-state index in [1.807, 2.05) is 0 Å². The maximum atomic E-state index is 3.61. The fourth-order valence-electron chi connectivity index (χ4n) is 2.12. The third kappa shape index (κ3) is 5.36. The number of benzene rings is 1. The smallest absolute Gasteiger partial charge is 0.0294 e. The summed E-state index contributed by atoms with van der Waals surface area (Å²) in [6, 6.07) is 9.08. The Morgan fingerprint density at radius 1 is 1.18 bits per heavy atom. The summed E-state index contributed by atoms with van der Waals surface area (Å²) in [7, 11) is 0. The van der Waals surface area contributed by atoms with Crippen LogP contribution in [0.5, 0.6) is 0 Å². The first-order valence-corrected chi connectivity index (χ1v) is 6.69. The van der Waals surface area contributed by atoms with E-state index >= 15 is 0 Å². The molecule has 1 atom stereocenters. The Morgan fingerprint density at radius 2 is 1.82 bits per heavy atom. The second kappa shape index (κ2) is 6.20. The number of hydrogen-bond acceptors (Lipinski definition) is 1. The monoisotopic (exact) mass is 233 g/mol. The second-order valence-corrected chi connectivity index (χ2v) is 6.20. The largest absolute Gasteiger partial charge is 0.310 e. The molecule has 1 nitrogen and oxygen atoms in total. The summed E-state index contributed by atoms with van der Waals surface area (Å²) in [6.45, 7) is 12.4. The van der Waals surface area contributed by atoms with Crippen molar-refractivity contribution in [2.45, 2.75) is 53.5 Å². The Bertz CT molecular complexity index is 336. The van der Waals surface area contributed by atoms with Gasteiger partial charge in [0.15, 0.2) is 0 Å². The van der Waals surface area contributed by atoms with Gasteiger partial charge in [0.25, 0.3) is 0 Å². The quantitative estimate of drug-likeness (QED) is 0.740. The third-order valence-corrected chi connectivity index (χ3v) is 3.21. The molecule has 0 radical (unpaired) electrons. The van der Waals surface area contributed by atoms with Crippen molar-refractivity contribution in [1.29, 1.82) is 0 Å². The minimum absolute atomic E-state index is 0.452. The van der Waals surface area contributed by atoms with Crippen LogP contribution in [0, 0.1) is 12.3 Å². The third-order valence-electron chi connectivity index (χ3n) is 3.21. The molecule has 1 rings (SSSR count). The zero-order chi connectivity index (χ0) is 12.9. The SMILES string of the molecule is Cc1ccccc1[C@H](C)NCCCC(C)(C)C. The topological polar surface area (TPSA) is 12.0 Å². The summed E-state index contributed by atoms with van der Waals surface area (Å²) in [6.07, 6.45) is 2.53. The molecule has 0 unspecified atom stereocenters. The molecule has 0 bridgehead atoms. The van der Waals surface area contributed by atoms with Crippen molar-refractivity contribution in [2.75, 3.05) is 6.54 Å². The molecule has 0 saturated heterocycles. The molecule has 1 aromatic rings. The maximum absolute atomic E-state index is 3.61. The molecular weight excluding hydrogens is 206 g/mol. The van der Waals surface area contributed by atoms with Crippen molar-refractivity contribution in [3.05, 3.63) is 35.4 Å². The average Bonchev–Trinajstić information content (AvgIpc) is 2.23. The predicted octanol–water partition coefficient (Wildman–Crippen LogP) is 4.47. The van der Waals surface area contributed by atoms with Crippen LogP contribution in [0.2, 0.25) is 0 Å². The van der Waals surface area contributed by atoms with Crippen LogP contribution in [0.15, 0.2) is 24.3 Å². The van der Waals surface area contributed by atoms with Gasteiger partial charge in [0.1, 0.15) is 0 Å². The lowest BCUT2D eigenvalue weighted by molar-refractivity contribution is 0.357. The van der Waals surface area contributed by atoms with Crippen LogP contribution in [0.1, 0.15) is 57.7 Å². The van der Waals surface area contributed by atoms with Gasteiger partial charge in [-0.05, 0) is 49.8 Å². The van der Waals surface area contributed by atoms with Crippen LogP contribution < -0.4 is 5.32 Å². The van der Waals surface area contributed by atoms with Crippen molar-refractivity contribution >= 4 is 0 Å². The molecular formula is C16H27N. The Morgan fingerprint density at radius 3 is 2.41 bits per heavy atom. The molecule has 0 aromatic heterocycles. The Kier molecular flexibility index (Phi) is 5.20. The van der Waals surface area contributed by atoms with Gasteiger partial charge < -0.3 is 5.32 Å². The van der Waals surface area contributed by atoms with E-state index in [9.17, 15) is 0 Å². The maximum Gasteiger partial charge on any atom is 0.0294 e. The van der Waals surface area contributed by atoms with E-state index in [4.69, 9.17) is 0 Å². The summed E-state index contributed by atoms with van der Waals surface area (Å²) < 4.78 is 0. The van der Waals surface area contributed by atoms with E-state index in [-0.39, 0.29) is 0 Å². The van der Waals surface area contributed by atoms with Crippen LogP contribution in [-0.2, 0) is 0 Å². The van der Waals surface area contributed by atoms with Gasteiger partial charge in [-0.2, -0.15) is 0 Å². The lowest BCUT2D eigenvalue weighted by atomic mass is 9.90. The number of hydrogen-bond donors (Lipinski definition) is 1. The van der Waals surface area contributed by atoms with Crippen LogP contribution in [0.25, 0.3) is 0 Å². The molecule has 0 fully saturated rings. The first kappa shape index (κ1) is 14.2. The van der Waals surface area contributed by atoms with Crippen LogP contribution in [-0.4, -0.2) is 6.54 Å². The standard InChI is InChI=1S/C16H27N/c1-13-9-6-7-10-15(13)14(2)17-12-8-11-16(3,4)5/h6-7,9-10,14,17H,8,11-12H2,1-5H3/t14-/m0/s1. The zero-order valence-corrected chi connectivity index (χ0v) is 12.0. The minimum Gasteiger partial charge on any atom is -0.310 e. The molecule has 0 aliphatic rings. The van der Waals surface area contributed by atoms with Gasteiger partial charge in [-0.3, -0.25) is 0 Å². The first-order chi connectivity index (χ1) is 7.90. The van der Waals surface area contributed by atoms with Crippen LogP contribution in [0.4, 0.5) is 0 Å². The predicted molar refractivity (Wildman–Crippen MR) is 76.3 cm³/mol. The highest BCUT2D eigenvalue weighted by Crippen LogP contribution is 2.21. The van der Waals surface area contributed by atoms with Gasteiger partial charge in [-0.25, -0.2) is 0 Å². The Balaban J connectivity index is 2.36. The fourth-order valence-corrected chi connectivity index (χ4v) is 2.12. The minimum atomic E-state index is 0.452. The summed E-state index contributed by atoms with van der Waals surface area (Å²) in [5.41, 5.74) is 3.25. The molecule has 1 heteroatoms. The van der Waals surface area contributed by atoms with Gasteiger partial charge >= 0.3 is 0 Å². The summed E-state index contributed by atoms with van der Waals surface area (Å²) in [4.78, 5) is 0. The molecule has 1 N–H and O–H groups in total. The molecule has 96 valence electrons. The van der Waals surface area contributed by atoms with Gasteiger partial charge in [-0.15, -0.1) is 0 Å². The van der Waals surface area contributed by atoms with Gasteiger partial charge in [0, 0.05) is 6.04 Å². The number of aryl methyl sites for hydroxylation is 1. The van der Waals surface area contributed by atoms with Crippen molar-refractivity contribution in [3.8, 4) is 0 Å². The van der Waals surface area contributed by atoms with Crippen molar-refractivity contribution < 1.29 is 0 Å². The van der Waals surface area contributed by atoms with Gasteiger partial charge in [0.2, 0.25) is 0 Å². The van der Waals surface area contributed by atoms with E-state index in [2.05, 4.69) is 64.2 Å². The van der Waals surface area contributed by atoms with E-state index in [1.165, 1.54) is 24.0 Å². The molecule has 0 saturated carbocycles. The highest BCUT2D eigenvalue weighted by Gasteiger charge is 2.10. The van der Waals surface area contributed by atoms with Crippen molar-refractivity contribution in [1.82, 2.24) is 5.32 Å². The highest BCUT2D eigenvalue weighted by atomic mass is 14.9. The second-order valence-electron chi connectivity index (χ2n) is 6.20. The molecule has 0 aliphatic carbocycles. The lowest BCUT2D eigenvalue weighted by Gasteiger charge is -2.20. The number of nitrogens with one attached hydrogen (secondary N) is 1. The molecule has 0 spiro atoms. The number of rotatable bonds is 5. The molecule has 0 aliphatic heterocycles. The van der Waals surface area contributed by atoms with E-state index in [0.29, 0.717) is 11.5 Å². The Labute approximate surface area is 107 Å². The summed E-state index contributed by atoms with van der Waals surface area (Å²) in [5, 5.41) is 3.61. The summed E-state index contributed by atoms with van der Waals surface area (Å²) >= 11 is 0. The molecule has 17 heavy (non-hydrogen) atoms. The van der Waals surface area contributed by atoms with E-state index in [1.54, 1.807) is 0 Å². The Hall–Kier alpha value is -0.820. The van der Waals surface area contributed by atoms with Gasteiger partial charge in [0.05, 0.1) is 0 Å². The highest BCUT2D eigenvalue weighted by molar-refractivity contribution is 5.28.